The number of fused-ring (bicyclic) bond motifs is 7. The third-order valence-electron chi connectivity index (χ3n) is 16.7. The van der Waals surface area contributed by atoms with E-state index in [0.717, 1.165) is 89.1 Å². The van der Waals surface area contributed by atoms with Gasteiger partial charge < -0.3 is 19.1 Å². The fraction of sp³-hybridized carbons (Fsp3) is 0.182. The molecular formula is C66H50B11N3O. The third kappa shape index (κ3) is 8.73. The Morgan fingerprint density at radius 2 is 0.840 bits per heavy atom. The van der Waals surface area contributed by atoms with Crippen molar-refractivity contribution in [3.05, 3.63) is 156 Å². The lowest BCUT2D eigenvalue weighted by Crippen LogP contribution is -2.61. The van der Waals surface area contributed by atoms with Gasteiger partial charge >= 0.3 is 0 Å². The summed E-state index contributed by atoms with van der Waals surface area (Å²) in [4.78, 5) is 6.52. The number of hydrogen-bond acceptors (Lipinski definition) is 4. The van der Waals surface area contributed by atoms with Gasteiger partial charge in [-0.25, -0.2) is 0 Å². The maximum Gasteiger partial charge on any atom is 0.252 e. The van der Waals surface area contributed by atoms with Crippen LogP contribution < -0.4 is 85.7 Å². The van der Waals surface area contributed by atoms with Crippen molar-refractivity contribution in [2.45, 2.75) is 78.6 Å². The lowest BCUT2D eigenvalue weighted by atomic mass is 9.33. The minimum Gasteiger partial charge on any atom is -0.456 e. The first-order valence-corrected chi connectivity index (χ1v) is 27.3. The molecule has 2 aliphatic heterocycles. The molecule has 0 aliphatic carbocycles. The van der Waals surface area contributed by atoms with E-state index in [0.29, 0.717) is 5.69 Å². The zero-order valence-corrected chi connectivity index (χ0v) is 47.4. The summed E-state index contributed by atoms with van der Waals surface area (Å²) in [5.74, 6) is 0. The summed E-state index contributed by atoms with van der Waals surface area (Å²) in [5.41, 5.74) is 17.3. The van der Waals surface area contributed by atoms with E-state index < -0.39 is 0 Å². The molecule has 15 heteroatoms. The van der Waals surface area contributed by atoms with Crippen molar-refractivity contribution >= 4 is 229 Å². The van der Waals surface area contributed by atoms with Crippen molar-refractivity contribution in [3.63, 3.8) is 0 Å². The first-order chi connectivity index (χ1) is 38.2. The van der Waals surface area contributed by atoms with Gasteiger partial charge in [-0.1, -0.05) is 151 Å². The Morgan fingerprint density at radius 3 is 1.38 bits per heavy atom. The highest BCUT2D eigenvalue weighted by Gasteiger charge is 2.45. The number of furan rings is 1. The minimum absolute atomic E-state index is 0.0246. The van der Waals surface area contributed by atoms with Crippen LogP contribution in [0.2, 0.25) is 0 Å². The van der Waals surface area contributed by atoms with Gasteiger partial charge in [0.05, 0.1) is 0 Å². The van der Waals surface area contributed by atoms with E-state index in [1.807, 2.05) is 24.3 Å². The Bertz CT molecular complexity index is 4140. The summed E-state index contributed by atoms with van der Waals surface area (Å²) in [5, 5.41) is 2.14. The molecule has 81 heavy (non-hydrogen) atoms. The van der Waals surface area contributed by atoms with Gasteiger partial charge in [-0.2, -0.15) is 0 Å². The molecule has 0 fully saturated rings. The first-order valence-electron chi connectivity index (χ1n) is 27.3. The molecule has 0 bridgehead atoms. The molecular weight excluding hydrogens is 970 g/mol. The highest BCUT2D eigenvalue weighted by molar-refractivity contribution is 7.00. The number of nitrogens with zero attached hydrogens (tertiary/aromatic N) is 3. The molecule has 368 valence electrons. The fourth-order valence-corrected chi connectivity index (χ4v) is 11.9. The molecule has 3 heterocycles. The van der Waals surface area contributed by atoms with Crippen LogP contribution in [-0.2, 0) is 16.2 Å². The van der Waals surface area contributed by atoms with Crippen molar-refractivity contribution in [2.24, 2.45) is 0 Å². The van der Waals surface area contributed by atoms with E-state index in [4.69, 9.17) is 82.9 Å². The maximum absolute atomic E-state index is 7.01. The molecule has 1 aromatic heterocycles. The van der Waals surface area contributed by atoms with Crippen LogP contribution in [0.15, 0.2) is 144 Å². The van der Waals surface area contributed by atoms with Gasteiger partial charge in [0.15, 0.2) is 0 Å². The molecule has 0 unspecified atom stereocenters. The van der Waals surface area contributed by atoms with Crippen LogP contribution in [0.25, 0.3) is 33.1 Å². The lowest BCUT2D eigenvalue weighted by molar-refractivity contribution is 0.589. The average Bonchev–Trinajstić information content (AvgIpc) is 3.80. The van der Waals surface area contributed by atoms with Crippen molar-refractivity contribution < 1.29 is 4.42 Å². The molecule has 4 nitrogen and oxygen atoms in total. The second kappa shape index (κ2) is 19.3. The Morgan fingerprint density at radius 1 is 0.370 bits per heavy atom. The molecule has 0 atom stereocenters. The van der Waals surface area contributed by atoms with E-state index in [1.54, 1.807) is 4.90 Å². The zero-order chi connectivity index (χ0) is 57.7. The van der Waals surface area contributed by atoms with Crippen LogP contribution in [-0.4, -0.2) is 85.2 Å². The molecule has 0 spiro atoms. The van der Waals surface area contributed by atoms with Crippen LogP contribution in [0, 0.1) is 0 Å². The Hall–Kier alpha value is -7.11. The molecule has 9 aromatic carbocycles. The predicted octanol–water partition coefficient (Wildman–Crippen LogP) is 4.64. The van der Waals surface area contributed by atoms with Crippen molar-refractivity contribution in [1.82, 2.24) is 0 Å². The number of hydrogen-bond donors (Lipinski definition) is 0. The van der Waals surface area contributed by atoms with Gasteiger partial charge in [-0.05, 0) is 133 Å². The summed E-state index contributed by atoms with van der Waals surface area (Å²) < 4.78 is 6.37. The number of anilines is 9. The average molecular weight is 1020 g/mol. The van der Waals surface area contributed by atoms with Gasteiger partial charge in [-0.3, -0.25) is 0 Å². The van der Waals surface area contributed by atoms with Crippen LogP contribution in [0.4, 0.5) is 51.2 Å². The Kier molecular flexibility index (Phi) is 12.9. The predicted molar refractivity (Wildman–Crippen MR) is 358 cm³/mol. The zero-order valence-electron chi connectivity index (χ0n) is 47.4. The van der Waals surface area contributed by atoms with Crippen LogP contribution >= 0.6 is 0 Å². The first kappa shape index (κ1) is 54.5. The van der Waals surface area contributed by atoms with E-state index in [1.165, 1.54) is 11.1 Å². The van der Waals surface area contributed by atoms with Crippen LogP contribution in [0.5, 0.6) is 0 Å². The van der Waals surface area contributed by atoms with E-state index in [9.17, 15) is 0 Å². The Balaban J connectivity index is 1.17. The smallest absolute Gasteiger partial charge is 0.252 e. The molecule has 0 N–H and O–H groups in total. The van der Waals surface area contributed by atoms with E-state index in [2.05, 4.69) is 187 Å². The molecule has 12 rings (SSSR count). The van der Waals surface area contributed by atoms with Crippen LogP contribution in [0.3, 0.4) is 0 Å². The molecule has 0 amide bonds. The van der Waals surface area contributed by atoms with Gasteiger partial charge in [-0.15, -0.1) is 32.8 Å². The topological polar surface area (TPSA) is 22.9 Å². The molecule has 10 aromatic rings. The monoisotopic (exact) mass is 1020 g/mol. The summed E-state index contributed by atoms with van der Waals surface area (Å²) in [6.45, 7) is 20.0. The summed E-state index contributed by atoms with van der Waals surface area (Å²) >= 11 is 0. The number of rotatable bonds is 6. The lowest BCUT2D eigenvalue weighted by Gasteiger charge is -2.46. The van der Waals surface area contributed by atoms with Gasteiger partial charge in [0.2, 0.25) is 0 Å². The Labute approximate surface area is 491 Å². The van der Waals surface area contributed by atoms with Crippen molar-refractivity contribution in [1.29, 1.82) is 0 Å². The molecule has 2 aliphatic rings. The van der Waals surface area contributed by atoms with Gasteiger partial charge in [0.1, 0.15) is 89.6 Å². The normalized spacial score (nSPS) is 13.2. The highest BCUT2D eigenvalue weighted by Crippen LogP contribution is 2.48. The maximum atomic E-state index is 7.01. The van der Waals surface area contributed by atoms with E-state index in [-0.39, 0.29) is 89.0 Å². The standard InChI is InChI=1S/C66H50B11N3O/c1-64(2,3)35-17-22-39(23-18-35)78-45-27-19-36(65(4,5)6)29-44(45)77-43-26-24-40(80(62-57(73)53(69)51(67)54(70)58(62)74)63-59(75)55(71)52(68)56(72)60(63)76)32-46(43)79(48-31-37(66(7,8)9)30-47(78)61(48)77)38-20-14-33(15-21-38)34-16-25-42-41-12-10-11-13-49(41)81-50(42)28-34/h10-32H,1-9H3. The summed E-state index contributed by atoms with van der Waals surface area (Å²) in [7, 11) is 67.7. The van der Waals surface area contributed by atoms with Crippen molar-refractivity contribution in [2.75, 3.05) is 14.7 Å². The SMILES string of the molecule is [B]c1c([B])c([B])c(N(c2ccc3c(c2)N(c2ccc(-c4ccc5c(c4)oc4ccccc45)cc2)c2cc(C(C)(C)C)cc4c2B3c2cc(C(C)(C)C)ccc2N4c2ccc(C(C)(C)C)cc2)c2c([B])c([B])c([B])c([B])c2[B])c([B])c1[B]. The quantitative estimate of drug-likeness (QED) is 0.227. The third-order valence-corrected chi connectivity index (χ3v) is 16.7. The largest absolute Gasteiger partial charge is 0.456 e. The van der Waals surface area contributed by atoms with Gasteiger partial charge in [0, 0.05) is 62.0 Å². The summed E-state index contributed by atoms with van der Waals surface area (Å²) in [6, 6.07) is 50.2. The number of benzene rings is 9. The molecule has 0 saturated carbocycles. The van der Waals surface area contributed by atoms with Crippen LogP contribution in [0.1, 0.15) is 79.0 Å². The summed E-state index contributed by atoms with van der Waals surface area (Å²) in [6.07, 6.45) is 0. The fourth-order valence-electron chi connectivity index (χ4n) is 11.9. The highest BCUT2D eigenvalue weighted by atomic mass is 16.3. The minimum atomic E-state index is -0.295. The van der Waals surface area contributed by atoms with E-state index >= 15 is 0 Å². The number of para-hydroxylation sites is 1. The van der Waals surface area contributed by atoms with Crippen molar-refractivity contribution in [3.8, 4) is 11.1 Å². The molecule has 20 radical (unpaired) electrons. The molecule has 0 saturated heterocycles. The van der Waals surface area contributed by atoms with Gasteiger partial charge in [0.25, 0.3) is 6.71 Å². The second-order valence-electron chi connectivity index (χ2n) is 24.9. The second-order valence-corrected chi connectivity index (χ2v) is 24.9.